The number of aromatic nitrogens is 1. The molecular formula is C14H13ClN2S2. The van der Waals surface area contributed by atoms with Crippen molar-refractivity contribution in [3.8, 4) is 0 Å². The Morgan fingerprint density at radius 1 is 1.21 bits per heavy atom. The predicted octanol–water partition coefficient (Wildman–Crippen LogP) is 5.49. The normalized spacial score (nSPS) is 12.8. The average molecular weight is 309 g/mol. The Morgan fingerprint density at radius 3 is 2.79 bits per heavy atom. The molecule has 0 fully saturated rings. The number of nitrogens with one attached hydrogen (secondary N) is 1. The quantitative estimate of drug-likeness (QED) is 0.691. The number of rotatable bonds is 3. The lowest BCUT2D eigenvalue weighted by atomic mass is 10.3. The van der Waals surface area contributed by atoms with Gasteiger partial charge in [0.05, 0.1) is 16.3 Å². The molecule has 0 aliphatic heterocycles. The second-order valence-electron chi connectivity index (χ2n) is 4.45. The Morgan fingerprint density at radius 2 is 2.05 bits per heavy atom. The van der Waals surface area contributed by atoms with Crippen LogP contribution in [0.5, 0.6) is 0 Å². The van der Waals surface area contributed by atoms with E-state index in [9.17, 15) is 0 Å². The lowest BCUT2D eigenvalue weighted by molar-refractivity contribution is 0.905. The van der Waals surface area contributed by atoms with E-state index in [1.807, 2.05) is 29.5 Å². The van der Waals surface area contributed by atoms with Gasteiger partial charge in [-0.2, -0.15) is 0 Å². The van der Waals surface area contributed by atoms with Crippen LogP contribution >= 0.6 is 34.3 Å². The van der Waals surface area contributed by atoms with E-state index in [0.717, 1.165) is 20.4 Å². The van der Waals surface area contributed by atoms with Gasteiger partial charge in [-0.15, -0.1) is 11.3 Å². The molecule has 98 valence electrons. The molecule has 0 amide bonds. The maximum Gasteiger partial charge on any atom is 0.184 e. The van der Waals surface area contributed by atoms with Crippen molar-refractivity contribution in [1.82, 2.24) is 4.98 Å². The molecule has 19 heavy (non-hydrogen) atoms. The Balaban J connectivity index is 1.85. The first-order chi connectivity index (χ1) is 9.11. The Kier molecular flexibility index (Phi) is 3.48. The molecule has 3 rings (SSSR count). The van der Waals surface area contributed by atoms with Crippen LogP contribution in [0.1, 0.15) is 22.7 Å². The van der Waals surface area contributed by atoms with Gasteiger partial charge in [0.2, 0.25) is 0 Å². The van der Waals surface area contributed by atoms with Gasteiger partial charge in [-0.25, -0.2) is 4.98 Å². The van der Waals surface area contributed by atoms with Gasteiger partial charge in [0.15, 0.2) is 5.13 Å². The molecule has 2 aromatic heterocycles. The summed E-state index contributed by atoms with van der Waals surface area (Å²) in [7, 11) is 0. The largest absolute Gasteiger partial charge is 0.354 e. The number of thiophene rings is 1. The highest BCUT2D eigenvalue weighted by Gasteiger charge is 2.10. The van der Waals surface area contributed by atoms with E-state index in [1.54, 1.807) is 11.3 Å². The number of hydrogen-bond donors (Lipinski definition) is 1. The third kappa shape index (κ3) is 2.76. The molecule has 0 saturated heterocycles. The summed E-state index contributed by atoms with van der Waals surface area (Å²) in [6.45, 7) is 4.28. The molecule has 2 nitrogen and oxygen atoms in total. The van der Waals surface area contributed by atoms with E-state index in [4.69, 9.17) is 11.6 Å². The number of aryl methyl sites for hydroxylation is 1. The number of halogens is 1. The number of anilines is 1. The Bertz CT molecular complexity index is 717. The maximum absolute atomic E-state index is 5.98. The van der Waals surface area contributed by atoms with Gasteiger partial charge in [-0.05, 0) is 44.2 Å². The maximum atomic E-state index is 5.98. The van der Waals surface area contributed by atoms with Crippen LogP contribution in [0, 0.1) is 6.92 Å². The number of fused-ring (bicyclic) bond motifs is 1. The first-order valence-corrected chi connectivity index (χ1v) is 8.02. The van der Waals surface area contributed by atoms with Crippen LogP contribution in [-0.2, 0) is 0 Å². The second-order valence-corrected chi connectivity index (χ2v) is 7.23. The molecule has 2 heterocycles. The van der Waals surface area contributed by atoms with E-state index in [1.165, 1.54) is 9.75 Å². The van der Waals surface area contributed by atoms with Gasteiger partial charge in [-0.1, -0.05) is 22.9 Å². The zero-order chi connectivity index (χ0) is 13.4. The second kappa shape index (κ2) is 5.12. The van der Waals surface area contributed by atoms with Crippen molar-refractivity contribution >= 4 is 49.6 Å². The van der Waals surface area contributed by atoms with Crippen LogP contribution in [-0.4, -0.2) is 4.98 Å². The molecule has 0 bridgehead atoms. The van der Waals surface area contributed by atoms with Crippen molar-refractivity contribution in [2.75, 3.05) is 5.32 Å². The zero-order valence-corrected chi connectivity index (χ0v) is 13.0. The topological polar surface area (TPSA) is 24.9 Å². The van der Waals surface area contributed by atoms with Gasteiger partial charge in [0.25, 0.3) is 0 Å². The minimum Gasteiger partial charge on any atom is -0.354 e. The zero-order valence-electron chi connectivity index (χ0n) is 10.6. The average Bonchev–Trinajstić information content (AvgIpc) is 2.94. The third-order valence-electron chi connectivity index (χ3n) is 2.88. The van der Waals surface area contributed by atoms with Gasteiger partial charge in [-0.3, -0.25) is 0 Å². The van der Waals surface area contributed by atoms with Crippen molar-refractivity contribution in [2.24, 2.45) is 0 Å². The van der Waals surface area contributed by atoms with Crippen LogP contribution in [0.3, 0.4) is 0 Å². The van der Waals surface area contributed by atoms with Crippen LogP contribution in [0.15, 0.2) is 30.3 Å². The SMILES string of the molecule is Cc1ccc(C(C)Nc2nc3cc(Cl)ccc3s2)s1. The fourth-order valence-electron chi connectivity index (χ4n) is 1.90. The molecule has 1 N–H and O–H groups in total. The van der Waals surface area contributed by atoms with Crippen molar-refractivity contribution in [1.29, 1.82) is 0 Å². The van der Waals surface area contributed by atoms with Crippen LogP contribution in [0.25, 0.3) is 10.2 Å². The monoisotopic (exact) mass is 308 g/mol. The Hall–Kier alpha value is -1.10. The summed E-state index contributed by atoms with van der Waals surface area (Å²) in [6.07, 6.45) is 0. The highest BCUT2D eigenvalue weighted by atomic mass is 35.5. The van der Waals surface area contributed by atoms with Gasteiger partial charge in [0, 0.05) is 14.8 Å². The standard InChI is InChI=1S/C14H13ClN2S2/c1-8-3-5-12(18-8)9(2)16-14-17-11-7-10(15)4-6-13(11)19-14/h3-7,9H,1-2H3,(H,16,17). The molecule has 5 heteroatoms. The van der Waals surface area contributed by atoms with Gasteiger partial charge in [0.1, 0.15) is 0 Å². The van der Waals surface area contributed by atoms with Crippen molar-refractivity contribution in [2.45, 2.75) is 19.9 Å². The summed E-state index contributed by atoms with van der Waals surface area (Å²) < 4.78 is 1.15. The minimum atomic E-state index is 0.273. The van der Waals surface area contributed by atoms with Crippen LogP contribution in [0.2, 0.25) is 5.02 Å². The van der Waals surface area contributed by atoms with Crippen molar-refractivity contribution in [3.63, 3.8) is 0 Å². The van der Waals surface area contributed by atoms with Crippen LogP contribution in [0.4, 0.5) is 5.13 Å². The highest BCUT2D eigenvalue weighted by molar-refractivity contribution is 7.22. The first kappa shape index (κ1) is 12.9. The van der Waals surface area contributed by atoms with E-state index in [2.05, 4.69) is 36.3 Å². The summed E-state index contributed by atoms with van der Waals surface area (Å²) in [5.41, 5.74) is 0.953. The summed E-state index contributed by atoms with van der Waals surface area (Å²) in [5, 5.41) is 5.12. The first-order valence-electron chi connectivity index (χ1n) is 6.01. The molecular weight excluding hydrogens is 296 g/mol. The molecule has 3 aromatic rings. The number of nitrogens with zero attached hydrogens (tertiary/aromatic N) is 1. The smallest absolute Gasteiger partial charge is 0.184 e. The number of benzene rings is 1. The summed E-state index contributed by atoms with van der Waals surface area (Å²) in [5.74, 6) is 0. The fraction of sp³-hybridized carbons (Fsp3) is 0.214. The lowest BCUT2D eigenvalue weighted by Gasteiger charge is -2.10. The van der Waals surface area contributed by atoms with E-state index in [0.29, 0.717) is 0 Å². The fourth-order valence-corrected chi connectivity index (χ4v) is 3.88. The predicted molar refractivity (Wildman–Crippen MR) is 85.7 cm³/mol. The molecule has 0 aliphatic carbocycles. The summed E-state index contributed by atoms with van der Waals surface area (Å²) in [6, 6.07) is 10.4. The number of thiazole rings is 1. The van der Waals surface area contributed by atoms with E-state index in [-0.39, 0.29) is 6.04 Å². The van der Waals surface area contributed by atoms with Gasteiger partial charge < -0.3 is 5.32 Å². The molecule has 0 saturated carbocycles. The van der Waals surface area contributed by atoms with Crippen LogP contribution < -0.4 is 5.32 Å². The summed E-state index contributed by atoms with van der Waals surface area (Å²) >= 11 is 9.46. The molecule has 1 aromatic carbocycles. The van der Waals surface area contributed by atoms with Crippen molar-refractivity contribution in [3.05, 3.63) is 45.1 Å². The van der Waals surface area contributed by atoms with Crippen molar-refractivity contribution < 1.29 is 0 Å². The highest BCUT2D eigenvalue weighted by Crippen LogP contribution is 2.31. The molecule has 0 radical (unpaired) electrons. The molecule has 1 unspecified atom stereocenters. The van der Waals surface area contributed by atoms with E-state index < -0.39 is 0 Å². The van der Waals surface area contributed by atoms with Gasteiger partial charge >= 0.3 is 0 Å². The summed E-state index contributed by atoms with van der Waals surface area (Å²) in [4.78, 5) is 7.24. The lowest BCUT2D eigenvalue weighted by Crippen LogP contribution is -2.03. The Labute approximate surface area is 125 Å². The number of hydrogen-bond acceptors (Lipinski definition) is 4. The molecule has 0 aliphatic rings. The minimum absolute atomic E-state index is 0.273. The molecule has 0 spiro atoms. The molecule has 1 atom stereocenters. The van der Waals surface area contributed by atoms with E-state index >= 15 is 0 Å². The third-order valence-corrected chi connectivity index (χ3v) is 5.26.